The highest BCUT2D eigenvalue weighted by molar-refractivity contribution is 9.10. The third-order valence-electron chi connectivity index (χ3n) is 5.86. The fraction of sp³-hybridized carbons (Fsp3) is 0.379. The lowest BCUT2D eigenvalue weighted by atomic mass is 10.0. The van der Waals surface area contributed by atoms with Crippen LogP contribution < -0.4 is 5.32 Å². The van der Waals surface area contributed by atoms with Crippen molar-refractivity contribution in [2.24, 2.45) is 0 Å². The zero-order chi connectivity index (χ0) is 24.3. The van der Waals surface area contributed by atoms with Crippen molar-refractivity contribution >= 4 is 27.4 Å². The second kappa shape index (κ2) is 13.3. The van der Waals surface area contributed by atoms with Gasteiger partial charge in [-0.2, -0.15) is 9.61 Å². The Kier molecular flexibility index (Phi) is 10.1. The third kappa shape index (κ3) is 6.92. The highest BCUT2D eigenvalue weighted by atomic mass is 79.9. The van der Waals surface area contributed by atoms with Crippen LogP contribution in [0.15, 0.2) is 71.3 Å². The first kappa shape index (κ1) is 26.0. The smallest absolute Gasteiger partial charge is 0.172 e. The Labute approximate surface area is 213 Å². The molecule has 0 aliphatic carbocycles. The van der Waals surface area contributed by atoms with E-state index in [1.807, 2.05) is 10.7 Å². The summed E-state index contributed by atoms with van der Waals surface area (Å²) in [5.74, 6) is 1.00. The van der Waals surface area contributed by atoms with Crippen LogP contribution in [-0.4, -0.2) is 20.6 Å². The largest absolute Gasteiger partial charge is 0.367 e. The second-order valence-corrected chi connectivity index (χ2v) is 9.58. The summed E-state index contributed by atoms with van der Waals surface area (Å²) in [5.41, 5.74) is 5.64. The zero-order valence-electron chi connectivity index (χ0n) is 20.9. The Bertz CT molecular complexity index is 1150. The number of aryl methyl sites for hydroxylation is 2. The third-order valence-corrected chi connectivity index (χ3v) is 6.42. The summed E-state index contributed by atoms with van der Waals surface area (Å²) in [7, 11) is 0. The molecule has 2 aromatic carbocycles. The van der Waals surface area contributed by atoms with Crippen molar-refractivity contribution in [1.29, 1.82) is 0 Å². The van der Waals surface area contributed by atoms with Crippen LogP contribution in [0, 0.1) is 6.92 Å². The van der Waals surface area contributed by atoms with Gasteiger partial charge in [0.2, 0.25) is 0 Å². The molecule has 0 aliphatic rings. The number of rotatable bonds is 9. The van der Waals surface area contributed by atoms with Crippen LogP contribution in [0.2, 0.25) is 0 Å². The van der Waals surface area contributed by atoms with E-state index in [9.17, 15) is 0 Å². The molecule has 2 aromatic heterocycles. The molecule has 1 N–H and O–H groups in total. The van der Waals surface area contributed by atoms with E-state index in [0.29, 0.717) is 6.04 Å². The van der Waals surface area contributed by atoms with Gasteiger partial charge in [-0.3, -0.25) is 0 Å². The van der Waals surface area contributed by atoms with Gasteiger partial charge in [-0.25, -0.2) is 4.98 Å². The second-order valence-electron chi connectivity index (χ2n) is 8.72. The van der Waals surface area contributed by atoms with E-state index in [2.05, 4.69) is 115 Å². The summed E-state index contributed by atoms with van der Waals surface area (Å²) in [6.07, 6.45) is 8.90. The number of fused-ring (bicyclic) bond motifs is 1. The predicted molar refractivity (Wildman–Crippen MR) is 149 cm³/mol. The Morgan fingerprint density at radius 2 is 1.59 bits per heavy atom. The van der Waals surface area contributed by atoms with Crippen LogP contribution in [0.5, 0.6) is 0 Å². The molecule has 5 heteroatoms. The molecule has 0 spiro atoms. The molecule has 4 rings (SSSR count). The molecule has 0 atom stereocenters. The van der Waals surface area contributed by atoms with Gasteiger partial charge in [0.25, 0.3) is 0 Å². The van der Waals surface area contributed by atoms with Gasteiger partial charge in [-0.1, -0.05) is 94.6 Å². The summed E-state index contributed by atoms with van der Waals surface area (Å²) in [6, 6.07) is 21.5. The van der Waals surface area contributed by atoms with Crippen molar-refractivity contribution in [3.05, 3.63) is 82.5 Å². The van der Waals surface area contributed by atoms with Crippen LogP contribution >= 0.6 is 15.9 Å². The Morgan fingerprint density at radius 3 is 2.24 bits per heavy atom. The van der Waals surface area contributed by atoms with Gasteiger partial charge >= 0.3 is 0 Å². The van der Waals surface area contributed by atoms with Crippen LogP contribution in [0.3, 0.4) is 0 Å². The van der Waals surface area contributed by atoms with E-state index >= 15 is 0 Å². The fourth-order valence-corrected chi connectivity index (χ4v) is 4.51. The quantitative estimate of drug-likeness (QED) is 0.240. The number of anilines is 1. The highest BCUT2D eigenvalue weighted by Crippen LogP contribution is 2.28. The van der Waals surface area contributed by atoms with Gasteiger partial charge in [0.15, 0.2) is 5.65 Å². The first-order valence-electron chi connectivity index (χ1n) is 12.5. The van der Waals surface area contributed by atoms with E-state index in [4.69, 9.17) is 4.98 Å². The molecule has 0 aliphatic heterocycles. The maximum atomic E-state index is 4.84. The predicted octanol–water partition coefficient (Wildman–Crippen LogP) is 8.49. The van der Waals surface area contributed by atoms with Gasteiger partial charge in [0.05, 0.1) is 16.4 Å². The SMILES string of the molecule is CCCC(CCC)Nc1cc(-c2ccccc2C)nc2c(Br)cnn12.CCCc1ccccc1. The van der Waals surface area contributed by atoms with E-state index in [0.717, 1.165) is 40.0 Å². The summed E-state index contributed by atoms with van der Waals surface area (Å²) < 4.78 is 2.80. The first-order valence-corrected chi connectivity index (χ1v) is 13.3. The first-order chi connectivity index (χ1) is 16.6. The van der Waals surface area contributed by atoms with E-state index in [-0.39, 0.29) is 0 Å². The average molecular weight is 522 g/mol. The fourth-order valence-electron chi connectivity index (χ4n) is 4.17. The van der Waals surface area contributed by atoms with Crippen molar-refractivity contribution in [1.82, 2.24) is 14.6 Å². The molecular formula is C29H37BrN4. The van der Waals surface area contributed by atoms with Crippen molar-refractivity contribution in [2.75, 3.05) is 5.32 Å². The van der Waals surface area contributed by atoms with Crippen molar-refractivity contribution in [3.8, 4) is 11.3 Å². The number of nitrogens with one attached hydrogen (secondary N) is 1. The average Bonchev–Trinajstić information content (AvgIpc) is 3.22. The van der Waals surface area contributed by atoms with Crippen molar-refractivity contribution in [3.63, 3.8) is 0 Å². The van der Waals surface area contributed by atoms with E-state index in [1.54, 1.807) is 0 Å². The summed E-state index contributed by atoms with van der Waals surface area (Å²) >= 11 is 3.58. The van der Waals surface area contributed by atoms with Crippen molar-refractivity contribution in [2.45, 2.75) is 72.3 Å². The zero-order valence-corrected chi connectivity index (χ0v) is 22.5. The Balaban J connectivity index is 0.000000302. The summed E-state index contributed by atoms with van der Waals surface area (Å²) in [6.45, 7) is 8.79. The molecule has 0 amide bonds. The molecular weight excluding hydrogens is 484 g/mol. The van der Waals surface area contributed by atoms with Gasteiger partial charge in [0.1, 0.15) is 5.82 Å². The maximum absolute atomic E-state index is 4.84. The standard InChI is InChI=1S/C20H25BrN4.C9H12/c1-4-8-15(9-5-2)23-19-12-18(16-11-7-6-10-14(16)3)24-20-17(21)13-22-25(19)20;1-2-6-9-7-4-3-5-8-9/h6-7,10-13,15,23H,4-5,8-9H2,1-3H3;3-5,7-8H,2,6H2,1H3. The van der Waals surface area contributed by atoms with Crippen LogP contribution in [-0.2, 0) is 6.42 Å². The lowest BCUT2D eigenvalue weighted by Gasteiger charge is -2.20. The molecule has 34 heavy (non-hydrogen) atoms. The summed E-state index contributed by atoms with van der Waals surface area (Å²) in [5, 5.41) is 8.20. The molecule has 180 valence electrons. The summed E-state index contributed by atoms with van der Waals surface area (Å²) in [4.78, 5) is 4.84. The molecule has 0 fully saturated rings. The minimum absolute atomic E-state index is 0.452. The molecule has 0 radical (unpaired) electrons. The van der Waals surface area contributed by atoms with Gasteiger partial charge in [-0.05, 0) is 53.2 Å². The Morgan fingerprint density at radius 1 is 0.912 bits per heavy atom. The topological polar surface area (TPSA) is 42.2 Å². The molecule has 0 saturated heterocycles. The minimum atomic E-state index is 0.452. The normalized spacial score (nSPS) is 10.9. The number of hydrogen-bond donors (Lipinski definition) is 1. The number of halogens is 1. The molecule has 2 heterocycles. The molecule has 0 bridgehead atoms. The van der Waals surface area contributed by atoms with Crippen molar-refractivity contribution < 1.29 is 0 Å². The van der Waals surface area contributed by atoms with Crippen LogP contribution in [0.25, 0.3) is 16.9 Å². The molecule has 4 aromatic rings. The van der Waals surface area contributed by atoms with Crippen LogP contribution in [0.1, 0.15) is 64.0 Å². The number of hydrogen-bond acceptors (Lipinski definition) is 3. The number of benzene rings is 2. The van der Waals surface area contributed by atoms with E-state index in [1.165, 1.54) is 36.8 Å². The van der Waals surface area contributed by atoms with E-state index < -0.39 is 0 Å². The molecule has 4 nitrogen and oxygen atoms in total. The molecule has 0 unspecified atom stereocenters. The Hall–Kier alpha value is -2.66. The highest BCUT2D eigenvalue weighted by Gasteiger charge is 2.15. The number of aromatic nitrogens is 3. The molecule has 0 saturated carbocycles. The van der Waals surface area contributed by atoms with Gasteiger partial charge < -0.3 is 5.32 Å². The lowest BCUT2D eigenvalue weighted by Crippen LogP contribution is -2.21. The van der Waals surface area contributed by atoms with Gasteiger partial charge in [0, 0.05) is 17.7 Å². The lowest BCUT2D eigenvalue weighted by molar-refractivity contribution is 0.582. The maximum Gasteiger partial charge on any atom is 0.172 e. The minimum Gasteiger partial charge on any atom is -0.367 e. The monoisotopic (exact) mass is 520 g/mol. The van der Waals surface area contributed by atoms with Gasteiger partial charge in [-0.15, -0.1) is 0 Å². The number of nitrogens with zero attached hydrogens (tertiary/aromatic N) is 3. The van der Waals surface area contributed by atoms with Crippen LogP contribution in [0.4, 0.5) is 5.82 Å².